The zero-order valence-electron chi connectivity index (χ0n) is 12.3. The van der Waals surface area contributed by atoms with Crippen LogP contribution in [0, 0.1) is 6.92 Å². The van der Waals surface area contributed by atoms with E-state index in [1.807, 2.05) is 18.4 Å². The number of hydrogen-bond acceptors (Lipinski definition) is 5. The lowest BCUT2D eigenvalue weighted by atomic mass is 10.3. The molecule has 8 heteroatoms. The molecule has 0 atom stereocenters. The van der Waals surface area contributed by atoms with Crippen LogP contribution in [0.4, 0.5) is 0 Å². The molecule has 1 amide bonds. The first kappa shape index (κ1) is 16.4. The average molecular weight is 331 g/mol. The molecule has 1 N–H and O–H groups in total. The SMILES string of the molecule is Cc1csc(C(=O)NCCN2CCN(S(C)(=O)=O)CC2)c1. The van der Waals surface area contributed by atoms with Gasteiger partial charge in [-0.1, -0.05) is 0 Å². The van der Waals surface area contributed by atoms with E-state index >= 15 is 0 Å². The summed E-state index contributed by atoms with van der Waals surface area (Å²) in [5.41, 5.74) is 1.10. The summed E-state index contributed by atoms with van der Waals surface area (Å²) in [7, 11) is -3.08. The summed E-state index contributed by atoms with van der Waals surface area (Å²) in [6, 6.07) is 1.88. The molecule has 6 nitrogen and oxygen atoms in total. The van der Waals surface area contributed by atoms with E-state index in [9.17, 15) is 13.2 Å². The molecule has 1 aliphatic rings. The highest BCUT2D eigenvalue weighted by Crippen LogP contribution is 2.13. The largest absolute Gasteiger partial charge is 0.350 e. The van der Waals surface area contributed by atoms with Gasteiger partial charge in [0.15, 0.2) is 0 Å². The summed E-state index contributed by atoms with van der Waals surface area (Å²) >= 11 is 1.45. The Hall–Kier alpha value is -0.960. The Morgan fingerprint density at radius 2 is 2.00 bits per heavy atom. The Bertz CT molecular complexity index is 590. The highest BCUT2D eigenvalue weighted by molar-refractivity contribution is 7.88. The average Bonchev–Trinajstić information content (AvgIpc) is 2.85. The fraction of sp³-hybridized carbons (Fsp3) is 0.615. The molecule has 2 rings (SSSR count). The van der Waals surface area contributed by atoms with Gasteiger partial charge >= 0.3 is 0 Å². The van der Waals surface area contributed by atoms with Crippen molar-refractivity contribution >= 4 is 27.3 Å². The predicted octanol–water partition coefficient (Wildman–Crippen LogP) is 0.364. The Morgan fingerprint density at radius 1 is 1.33 bits per heavy atom. The second-order valence-electron chi connectivity index (χ2n) is 5.25. The molecular weight excluding hydrogens is 310 g/mol. The number of rotatable bonds is 5. The van der Waals surface area contributed by atoms with Crippen molar-refractivity contribution in [2.75, 3.05) is 45.5 Å². The molecule has 1 fully saturated rings. The van der Waals surface area contributed by atoms with Crippen molar-refractivity contribution in [2.45, 2.75) is 6.92 Å². The minimum atomic E-state index is -3.08. The van der Waals surface area contributed by atoms with Crippen LogP contribution in [-0.4, -0.2) is 69.1 Å². The first-order chi connectivity index (χ1) is 9.86. The number of amides is 1. The monoisotopic (exact) mass is 331 g/mol. The Morgan fingerprint density at radius 3 is 2.52 bits per heavy atom. The Kier molecular flexibility index (Phi) is 5.37. The van der Waals surface area contributed by atoms with Crippen LogP contribution in [0.5, 0.6) is 0 Å². The number of aryl methyl sites for hydroxylation is 1. The van der Waals surface area contributed by atoms with E-state index < -0.39 is 10.0 Å². The molecule has 2 heterocycles. The summed E-state index contributed by atoms with van der Waals surface area (Å²) in [4.78, 5) is 14.8. The van der Waals surface area contributed by atoms with Gasteiger partial charge in [0.25, 0.3) is 5.91 Å². The smallest absolute Gasteiger partial charge is 0.261 e. The molecule has 118 valence electrons. The lowest BCUT2D eigenvalue weighted by molar-refractivity contribution is 0.0949. The van der Waals surface area contributed by atoms with Crippen molar-refractivity contribution < 1.29 is 13.2 Å². The number of nitrogens with zero attached hydrogens (tertiary/aromatic N) is 2. The standard InChI is InChI=1S/C13H21N3O3S2/c1-11-9-12(20-10-11)13(17)14-3-4-15-5-7-16(8-6-15)21(2,18)19/h9-10H,3-8H2,1-2H3,(H,14,17). The molecule has 1 aliphatic heterocycles. The van der Waals surface area contributed by atoms with Crippen molar-refractivity contribution in [3.05, 3.63) is 21.9 Å². The van der Waals surface area contributed by atoms with Crippen LogP contribution in [0.25, 0.3) is 0 Å². The third-order valence-corrected chi connectivity index (χ3v) is 5.82. The molecule has 0 radical (unpaired) electrons. The molecule has 0 spiro atoms. The van der Waals surface area contributed by atoms with Gasteiger partial charge in [-0.15, -0.1) is 11.3 Å². The van der Waals surface area contributed by atoms with Crippen molar-refractivity contribution in [1.29, 1.82) is 0 Å². The van der Waals surface area contributed by atoms with Crippen molar-refractivity contribution in [3.63, 3.8) is 0 Å². The summed E-state index contributed by atoms with van der Waals surface area (Å²) in [6.45, 7) is 5.76. The molecule has 0 aromatic carbocycles. The number of carbonyl (C=O) groups excluding carboxylic acids is 1. The zero-order valence-corrected chi connectivity index (χ0v) is 14.0. The summed E-state index contributed by atoms with van der Waals surface area (Å²) < 4.78 is 24.3. The number of thiophene rings is 1. The fourth-order valence-electron chi connectivity index (χ4n) is 2.25. The maximum atomic E-state index is 11.9. The van der Waals surface area contributed by atoms with Gasteiger partial charge in [-0.05, 0) is 23.9 Å². The van der Waals surface area contributed by atoms with Gasteiger partial charge in [-0.25, -0.2) is 8.42 Å². The topological polar surface area (TPSA) is 69.7 Å². The second-order valence-corrected chi connectivity index (χ2v) is 8.14. The maximum Gasteiger partial charge on any atom is 0.261 e. The molecule has 1 saturated heterocycles. The van der Waals surface area contributed by atoms with Crippen LogP contribution in [0.3, 0.4) is 0 Å². The van der Waals surface area contributed by atoms with E-state index in [0.717, 1.165) is 17.0 Å². The second kappa shape index (κ2) is 6.87. The molecular formula is C13H21N3O3S2. The maximum absolute atomic E-state index is 11.9. The van der Waals surface area contributed by atoms with Gasteiger partial charge in [0.05, 0.1) is 11.1 Å². The van der Waals surface area contributed by atoms with Crippen LogP contribution in [0.15, 0.2) is 11.4 Å². The van der Waals surface area contributed by atoms with E-state index in [0.29, 0.717) is 32.7 Å². The predicted molar refractivity (Wildman–Crippen MR) is 84.2 cm³/mol. The minimum Gasteiger partial charge on any atom is -0.350 e. The van der Waals surface area contributed by atoms with Crippen LogP contribution in [0.2, 0.25) is 0 Å². The number of carbonyl (C=O) groups is 1. The van der Waals surface area contributed by atoms with Gasteiger partial charge in [0, 0.05) is 39.3 Å². The van der Waals surface area contributed by atoms with Gasteiger partial charge in [0.1, 0.15) is 0 Å². The fourth-order valence-corrected chi connectivity index (χ4v) is 3.89. The summed E-state index contributed by atoms with van der Waals surface area (Å²) in [5, 5.41) is 4.86. The first-order valence-electron chi connectivity index (χ1n) is 6.87. The molecule has 0 saturated carbocycles. The Balaban J connectivity index is 1.70. The number of sulfonamides is 1. The molecule has 1 aromatic heterocycles. The molecule has 21 heavy (non-hydrogen) atoms. The van der Waals surface area contributed by atoms with Crippen molar-refractivity contribution in [1.82, 2.24) is 14.5 Å². The van der Waals surface area contributed by atoms with E-state index in [1.165, 1.54) is 21.9 Å². The molecule has 0 bridgehead atoms. The van der Waals surface area contributed by atoms with E-state index in [1.54, 1.807) is 0 Å². The van der Waals surface area contributed by atoms with Crippen molar-refractivity contribution in [2.24, 2.45) is 0 Å². The van der Waals surface area contributed by atoms with Gasteiger partial charge in [0.2, 0.25) is 10.0 Å². The number of nitrogens with one attached hydrogen (secondary N) is 1. The third-order valence-electron chi connectivity index (χ3n) is 3.47. The molecule has 0 unspecified atom stereocenters. The Labute approximate surface area is 129 Å². The summed E-state index contributed by atoms with van der Waals surface area (Å²) in [6.07, 6.45) is 1.24. The number of piperazine rings is 1. The van der Waals surface area contributed by atoms with E-state index in [2.05, 4.69) is 10.2 Å². The van der Waals surface area contributed by atoms with Crippen molar-refractivity contribution in [3.8, 4) is 0 Å². The first-order valence-corrected chi connectivity index (χ1v) is 9.60. The molecule has 1 aromatic rings. The summed E-state index contributed by atoms with van der Waals surface area (Å²) in [5.74, 6) is -0.0390. The molecule has 0 aliphatic carbocycles. The van der Waals surface area contributed by atoms with E-state index in [-0.39, 0.29) is 5.91 Å². The van der Waals surface area contributed by atoms with Crippen LogP contribution in [-0.2, 0) is 10.0 Å². The van der Waals surface area contributed by atoms with Gasteiger partial charge < -0.3 is 5.32 Å². The highest BCUT2D eigenvalue weighted by Gasteiger charge is 2.22. The van der Waals surface area contributed by atoms with Gasteiger partial charge in [-0.3, -0.25) is 9.69 Å². The quantitative estimate of drug-likeness (QED) is 0.846. The van der Waals surface area contributed by atoms with Crippen LogP contribution >= 0.6 is 11.3 Å². The normalized spacial score (nSPS) is 17.8. The van der Waals surface area contributed by atoms with Crippen LogP contribution in [0.1, 0.15) is 15.2 Å². The lowest BCUT2D eigenvalue weighted by Gasteiger charge is -2.33. The van der Waals surface area contributed by atoms with Crippen LogP contribution < -0.4 is 5.32 Å². The van der Waals surface area contributed by atoms with Gasteiger partial charge in [-0.2, -0.15) is 4.31 Å². The van der Waals surface area contributed by atoms with E-state index in [4.69, 9.17) is 0 Å². The third kappa shape index (κ3) is 4.77. The zero-order chi connectivity index (χ0) is 15.5. The number of hydrogen-bond donors (Lipinski definition) is 1. The highest BCUT2D eigenvalue weighted by atomic mass is 32.2. The minimum absolute atomic E-state index is 0.0390. The lowest BCUT2D eigenvalue weighted by Crippen LogP contribution is -2.49.